The minimum Gasteiger partial charge on any atom is -0.430 e. The largest absolute Gasteiger partial charge is 0.508 e. The van der Waals surface area contributed by atoms with Crippen LogP contribution in [-0.2, 0) is 20.8 Å². The number of nitrogens with zero attached hydrogens (tertiary/aromatic N) is 3. The molecule has 0 aromatic carbocycles. The molecule has 10 nitrogen and oxygen atoms in total. The van der Waals surface area contributed by atoms with E-state index in [0.29, 0.717) is 29.4 Å². The molecule has 1 saturated heterocycles. The van der Waals surface area contributed by atoms with E-state index in [9.17, 15) is 9.59 Å². The summed E-state index contributed by atoms with van der Waals surface area (Å²) >= 11 is 5.93. The van der Waals surface area contributed by atoms with Crippen LogP contribution in [0.2, 0.25) is 5.28 Å². The molecular weight excluding hydrogens is 426 g/mol. The zero-order valence-electron chi connectivity index (χ0n) is 16.2. The Balaban J connectivity index is 1.40. The molecule has 0 bridgehead atoms. The van der Waals surface area contributed by atoms with Gasteiger partial charge in [-0.15, -0.1) is 6.42 Å². The number of aromatic nitrogens is 4. The molecular formula is C20H18ClN5O5. The summed E-state index contributed by atoms with van der Waals surface area (Å²) < 4.78 is 18.0. The number of ether oxygens (including phenoxy) is 3. The number of hydrogen-bond acceptors (Lipinski definition) is 8. The third-order valence-electron chi connectivity index (χ3n) is 4.97. The first-order chi connectivity index (χ1) is 14.9. The van der Waals surface area contributed by atoms with Gasteiger partial charge in [0.2, 0.25) is 5.28 Å². The van der Waals surface area contributed by atoms with E-state index < -0.39 is 18.0 Å². The van der Waals surface area contributed by atoms with Crippen molar-refractivity contribution in [2.45, 2.75) is 31.3 Å². The molecule has 2 atom stereocenters. The van der Waals surface area contributed by atoms with Crippen LogP contribution >= 0.6 is 11.6 Å². The van der Waals surface area contributed by atoms with E-state index >= 15 is 0 Å². The zero-order valence-corrected chi connectivity index (χ0v) is 17.0. The number of nitrogens with two attached hydrogens (primary N) is 1. The van der Waals surface area contributed by atoms with Crippen LogP contribution in [0.1, 0.15) is 24.6 Å². The van der Waals surface area contributed by atoms with Crippen LogP contribution in [0.4, 0.5) is 10.6 Å². The maximum atomic E-state index is 12.0. The van der Waals surface area contributed by atoms with Gasteiger partial charge in [0.25, 0.3) is 5.56 Å². The van der Waals surface area contributed by atoms with Gasteiger partial charge in [-0.1, -0.05) is 5.92 Å². The molecule has 0 spiro atoms. The average Bonchev–Trinajstić information content (AvgIpc) is 3.36. The van der Waals surface area contributed by atoms with Crippen LogP contribution in [0.15, 0.2) is 35.4 Å². The number of carbonyl (C=O) groups excluding carboxylic acids is 1. The molecule has 1 aliphatic heterocycles. The van der Waals surface area contributed by atoms with Crippen molar-refractivity contribution in [2.75, 3.05) is 12.3 Å². The minimum atomic E-state index is -1.13. The Labute approximate surface area is 181 Å². The van der Waals surface area contributed by atoms with Crippen LogP contribution in [0.25, 0.3) is 11.0 Å². The van der Waals surface area contributed by atoms with Crippen molar-refractivity contribution in [3.8, 4) is 12.3 Å². The van der Waals surface area contributed by atoms with Crippen LogP contribution in [0.3, 0.4) is 0 Å². The molecule has 11 heteroatoms. The number of pyridine rings is 1. The molecule has 31 heavy (non-hydrogen) atoms. The summed E-state index contributed by atoms with van der Waals surface area (Å²) in [7, 11) is 0. The van der Waals surface area contributed by atoms with Gasteiger partial charge in [-0.25, -0.2) is 9.78 Å². The van der Waals surface area contributed by atoms with Crippen molar-refractivity contribution in [3.05, 3.63) is 51.8 Å². The first kappa shape index (κ1) is 20.7. The number of nitrogen functional groups attached to an aromatic ring is 1. The lowest BCUT2D eigenvalue weighted by Gasteiger charge is -2.23. The fourth-order valence-corrected chi connectivity index (χ4v) is 3.54. The summed E-state index contributed by atoms with van der Waals surface area (Å²) in [6.07, 6.45) is 8.51. The van der Waals surface area contributed by atoms with Gasteiger partial charge in [0.05, 0.1) is 10.9 Å². The number of halogens is 1. The molecule has 0 radical (unpaired) electrons. The predicted molar refractivity (Wildman–Crippen MR) is 111 cm³/mol. The highest BCUT2D eigenvalue weighted by Gasteiger charge is 2.41. The molecule has 1 unspecified atom stereocenters. The average molecular weight is 444 g/mol. The molecule has 1 aliphatic rings. The number of hydrogen-bond donors (Lipinski definition) is 2. The third kappa shape index (κ3) is 4.19. The number of carbonyl (C=O) groups is 1. The Morgan fingerprint density at radius 2 is 2.29 bits per heavy atom. The van der Waals surface area contributed by atoms with E-state index in [1.807, 2.05) is 0 Å². The zero-order chi connectivity index (χ0) is 22.0. The number of nitrogens with one attached hydrogen (secondary N) is 1. The Bertz CT molecular complexity index is 1230. The van der Waals surface area contributed by atoms with Crippen LogP contribution in [-0.4, -0.2) is 37.9 Å². The van der Waals surface area contributed by atoms with Gasteiger partial charge in [0.1, 0.15) is 30.9 Å². The first-order valence-electron chi connectivity index (χ1n) is 9.32. The monoisotopic (exact) mass is 443 g/mol. The van der Waals surface area contributed by atoms with Gasteiger partial charge in [-0.3, -0.25) is 4.79 Å². The number of H-pyrrole nitrogens is 1. The van der Waals surface area contributed by atoms with Crippen molar-refractivity contribution < 1.29 is 19.0 Å². The third-order valence-corrected chi connectivity index (χ3v) is 5.14. The van der Waals surface area contributed by atoms with Gasteiger partial charge in [-0.2, -0.15) is 4.98 Å². The smallest absolute Gasteiger partial charge is 0.430 e. The molecule has 1 fully saturated rings. The standard InChI is InChI=1S/C20H18ClN5O5/c1-2-20(11-30-19(28)29-10-12-4-3-8-23-17(12)27)7-5-14(31-20)26-9-6-13-15(22)24-18(21)25-16(13)26/h1,3-4,6,8-9,14H,5,7,10-11H2,(H,23,27)(H2,22,24,25)/t14?,20-/m0/s1. The molecule has 0 aliphatic carbocycles. The number of terminal acetylenes is 1. The second-order valence-corrected chi connectivity index (χ2v) is 7.28. The molecule has 4 rings (SSSR count). The van der Waals surface area contributed by atoms with E-state index in [0.717, 1.165) is 0 Å². The van der Waals surface area contributed by atoms with E-state index in [4.69, 9.17) is 38.0 Å². The maximum Gasteiger partial charge on any atom is 0.508 e. The quantitative estimate of drug-likeness (QED) is 0.348. The number of anilines is 1. The van der Waals surface area contributed by atoms with Gasteiger partial charge in [-0.05, 0) is 42.6 Å². The van der Waals surface area contributed by atoms with Gasteiger partial charge >= 0.3 is 6.16 Å². The maximum absolute atomic E-state index is 12.0. The second-order valence-electron chi connectivity index (χ2n) is 6.94. The van der Waals surface area contributed by atoms with Crippen LogP contribution in [0.5, 0.6) is 0 Å². The Kier molecular flexibility index (Phi) is 5.54. The molecule has 0 amide bonds. The van der Waals surface area contributed by atoms with E-state index in [-0.39, 0.29) is 29.9 Å². The topological polar surface area (TPSA) is 134 Å². The van der Waals surface area contributed by atoms with E-state index in [1.54, 1.807) is 29.0 Å². The summed E-state index contributed by atoms with van der Waals surface area (Å²) in [5.41, 5.74) is 5.23. The summed E-state index contributed by atoms with van der Waals surface area (Å²) in [5, 5.41) is 0.663. The molecule has 3 aromatic heterocycles. The normalized spacial score (nSPS) is 20.5. The summed E-state index contributed by atoms with van der Waals surface area (Å²) in [5.74, 6) is 2.83. The Morgan fingerprint density at radius 1 is 1.45 bits per heavy atom. The first-order valence-corrected chi connectivity index (χ1v) is 9.70. The summed E-state index contributed by atoms with van der Waals surface area (Å²) in [6.45, 7) is -0.431. The number of rotatable bonds is 5. The lowest BCUT2D eigenvalue weighted by Crippen LogP contribution is -2.34. The second kappa shape index (κ2) is 8.29. The van der Waals surface area contributed by atoms with Crippen LogP contribution in [0, 0.1) is 12.3 Å². The fourth-order valence-electron chi connectivity index (χ4n) is 3.37. The molecule has 4 heterocycles. The highest BCUT2D eigenvalue weighted by molar-refractivity contribution is 6.28. The van der Waals surface area contributed by atoms with Crippen LogP contribution < -0.4 is 11.3 Å². The number of aromatic amines is 1. The van der Waals surface area contributed by atoms with Crippen molar-refractivity contribution in [3.63, 3.8) is 0 Å². The van der Waals surface area contributed by atoms with E-state index in [1.165, 1.54) is 6.20 Å². The lowest BCUT2D eigenvalue weighted by molar-refractivity contribution is -0.0737. The highest BCUT2D eigenvalue weighted by Crippen LogP contribution is 2.38. The lowest BCUT2D eigenvalue weighted by atomic mass is 10.0. The van der Waals surface area contributed by atoms with Crippen molar-refractivity contribution in [1.82, 2.24) is 19.5 Å². The molecule has 3 aromatic rings. The van der Waals surface area contributed by atoms with Crippen molar-refractivity contribution in [2.24, 2.45) is 0 Å². The van der Waals surface area contributed by atoms with E-state index in [2.05, 4.69) is 20.9 Å². The summed E-state index contributed by atoms with van der Waals surface area (Å²) in [6, 6.07) is 4.94. The van der Waals surface area contributed by atoms with Gasteiger partial charge in [0, 0.05) is 12.4 Å². The molecule has 0 saturated carbocycles. The Morgan fingerprint density at radius 3 is 3.06 bits per heavy atom. The van der Waals surface area contributed by atoms with Gasteiger partial charge in [0.15, 0.2) is 5.60 Å². The highest BCUT2D eigenvalue weighted by atomic mass is 35.5. The van der Waals surface area contributed by atoms with Gasteiger partial charge < -0.3 is 29.5 Å². The molecule has 3 N–H and O–H groups in total. The van der Waals surface area contributed by atoms with Crippen molar-refractivity contribution >= 4 is 34.6 Å². The fraction of sp³-hybridized carbons (Fsp3) is 0.300. The SMILES string of the molecule is C#C[C@@]1(COC(=O)OCc2ccc[nH]c2=O)CCC(n2ccc3c(N)nc(Cl)nc32)O1. The van der Waals surface area contributed by atoms with Crippen molar-refractivity contribution in [1.29, 1.82) is 0 Å². The Hall–Kier alpha value is -3.55. The predicted octanol–water partition coefficient (Wildman–Crippen LogP) is 2.39. The number of fused-ring (bicyclic) bond motifs is 1. The minimum absolute atomic E-state index is 0.0227. The summed E-state index contributed by atoms with van der Waals surface area (Å²) in [4.78, 5) is 34.2. The molecule has 160 valence electrons.